The molecule has 2 aromatic carbocycles. The van der Waals surface area contributed by atoms with Crippen molar-refractivity contribution in [3.63, 3.8) is 0 Å². The van der Waals surface area contributed by atoms with Gasteiger partial charge in [-0.15, -0.1) is 0 Å². The molecule has 2 amide bonds. The molecule has 0 saturated heterocycles. The number of aromatic nitrogens is 3. The molecule has 5 rings (SSSR count). The van der Waals surface area contributed by atoms with Gasteiger partial charge in [0.2, 0.25) is 0 Å². The number of amides is 2. The first-order valence-electron chi connectivity index (χ1n) is 11.5. The summed E-state index contributed by atoms with van der Waals surface area (Å²) in [6.45, 7) is 0.676. The van der Waals surface area contributed by atoms with Gasteiger partial charge in [0.1, 0.15) is 22.9 Å². The number of benzene rings is 2. The predicted octanol–water partition coefficient (Wildman–Crippen LogP) is 3.04. The molecule has 1 aliphatic rings. The molecule has 0 unspecified atom stereocenters. The lowest BCUT2D eigenvalue weighted by Gasteiger charge is -2.16. The minimum Gasteiger partial charge on any atom is -0.432 e. The molecule has 38 heavy (non-hydrogen) atoms. The molecule has 0 atom stereocenters. The van der Waals surface area contributed by atoms with Gasteiger partial charge in [0.05, 0.1) is 12.6 Å². The fraction of sp³-hybridized carbons (Fsp3) is 0.192. The van der Waals surface area contributed by atoms with Crippen molar-refractivity contribution >= 4 is 23.4 Å². The second kappa shape index (κ2) is 9.88. The van der Waals surface area contributed by atoms with Crippen molar-refractivity contribution in [2.24, 2.45) is 0 Å². The van der Waals surface area contributed by atoms with Crippen LogP contribution in [0.2, 0.25) is 0 Å². The highest BCUT2D eigenvalue weighted by Gasteiger charge is 2.25. The van der Waals surface area contributed by atoms with Crippen LogP contribution in [0, 0.1) is 0 Å². The molecule has 0 aliphatic carbocycles. The zero-order valence-corrected chi connectivity index (χ0v) is 20.0. The monoisotopic (exact) mass is 521 g/mol. The van der Waals surface area contributed by atoms with E-state index in [1.165, 1.54) is 28.9 Å². The second-order valence-electron chi connectivity index (χ2n) is 8.60. The van der Waals surface area contributed by atoms with E-state index in [0.29, 0.717) is 18.2 Å². The van der Waals surface area contributed by atoms with Crippen LogP contribution in [0.5, 0.6) is 11.5 Å². The molecule has 2 N–H and O–H groups in total. The molecule has 0 saturated carbocycles. The second-order valence-corrected chi connectivity index (χ2v) is 8.60. The molecule has 12 heteroatoms. The lowest BCUT2D eigenvalue weighted by Crippen LogP contribution is -2.29. The van der Waals surface area contributed by atoms with Crippen LogP contribution in [-0.2, 0) is 24.3 Å². The molecule has 194 valence electrons. The number of esters is 1. The Morgan fingerprint density at radius 3 is 2.68 bits per heavy atom. The SMILES string of the molecule is CC(F)(F)Oc1ccccc1CNC(=O)c1cc(C(=O)NCc2ccc3c(c2)CC(=O)O3)nc2ccnn12. The normalized spacial score (nSPS) is 12.7. The number of fused-ring (bicyclic) bond motifs is 2. The molecular weight excluding hydrogens is 500 g/mol. The number of rotatable bonds is 8. The summed E-state index contributed by atoms with van der Waals surface area (Å²) in [6, 6.07) is 14.1. The topological polar surface area (TPSA) is 124 Å². The van der Waals surface area contributed by atoms with Crippen molar-refractivity contribution in [2.45, 2.75) is 32.5 Å². The van der Waals surface area contributed by atoms with Crippen LogP contribution >= 0.6 is 0 Å². The summed E-state index contributed by atoms with van der Waals surface area (Å²) in [4.78, 5) is 41.7. The van der Waals surface area contributed by atoms with Crippen molar-refractivity contribution in [1.82, 2.24) is 25.2 Å². The fourth-order valence-electron chi connectivity index (χ4n) is 3.97. The molecular formula is C26H21F2N5O5. The summed E-state index contributed by atoms with van der Waals surface area (Å²) in [5.41, 5.74) is 2.12. The van der Waals surface area contributed by atoms with Gasteiger partial charge in [-0.2, -0.15) is 13.9 Å². The maximum absolute atomic E-state index is 13.4. The number of halogens is 2. The molecule has 0 radical (unpaired) electrons. The number of carbonyl (C=O) groups is 3. The van der Waals surface area contributed by atoms with Gasteiger partial charge in [-0.05, 0) is 23.8 Å². The smallest absolute Gasteiger partial charge is 0.394 e. The quantitative estimate of drug-likeness (QED) is 0.270. The predicted molar refractivity (Wildman–Crippen MR) is 129 cm³/mol. The third-order valence-electron chi connectivity index (χ3n) is 5.66. The largest absolute Gasteiger partial charge is 0.432 e. The number of nitrogens with zero attached hydrogens (tertiary/aromatic N) is 3. The minimum absolute atomic E-state index is 0.0165. The third kappa shape index (κ3) is 5.43. The van der Waals surface area contributed by atoms with Crippen molar-refractivity contribution < 1.29 is 32.6 Å². The van der Waals surface area contributed by atoms with E-state index in [0.717, 1.165) is 11.1 Å². The van der Waals surface area contributed by atoms with Crippen LogP contribution in [0.15, 0.2) is 60.8 Å². The average Bonchev–Trinajstić information content (AvgIpc) is 3.50. The number of carbonyl (C=O) groups excluding carboxylic acids is 3. The summed E-state index contributed by atoms with van der Waals surface area (Å²) in [6.07, 6.45) is -1.78. The highest BCUT2D eigenvalue weighted by atomic mass is 19.3. The number of hydrogen-bond donors (Lipinski definition) is 2. The highest BCUT2D eigenvalue weighted by molar-refractivity contribution is 5.98. The molecule has 2 aromatic heterocycles. The first-order valence-corrected chi connectivity index (χ1v) is 11.5. The Morgan fingerprint density at radius 1 is 1.08 bits per heavy atom. The number of ether oxygens (including phenoxy) is 2. The fourth-order valence-corrected chi connectivity index (χ4v) is 3.97. The van der Waals surface area contributed by atoms with E-state index in [1.54, 1.807) is 36.4 Å². The molecule has 0 bridgehead atoms. The van der Waals surface area contributed by atoms with E-state index in [1.807, 2.05) is 0 Å². The summed E-state index contributed by atoms with van der Waals surface area (Å²) >= 11 is 0. The van der Waals surface area contributed by atoms with E-state index >= 15 is 0 Å². The van der Waals surface area contributed by atoms with E-state index < -0.39 is 17.9 Å². The first kappa shape index (κ1) is 24.8. The average molecular weight is 521 g/mol. The van der Waals surface area contributed by atoms with Gasteiger partial charge in [-0.3, -0.25) is 14.4 Å². The van der Waals surface area contributed by atoms with Gasteiger partial charge >= 0.3 is 12.1 Å². The molecule has 3 heterocycles. The molecule has 0 spiro atoms. The Morgan fingerprint density at radius 2 is 1.87 bits per heavy atom. The van der Waals surface area contributed by atoms with Crippen LogP contribution in [-0.4, -0.2) is 38.5 Å². The Kier molecular flexibility index (Phi) is 6.45. The minimum atomic E-state index is -3.39. The summed E-state index contributed by atoms with van der Waals surface area (Å²) in [5.74, 6) is -1.02. The van der Waals surface area contributed by atoms with Crippen molar-refractivity contribution in [3.8, 4) is 11.5 Å². The maximum Gasteiger partial charge on any atom is 0.394 e. The number of para-hydroxylation sites is 1. The summed E-state index contributed by atoms with van der Waals surface area (Å²) < 4.78 is 37.8. The van der Waals surface area contributed by atoms with Gasteiger partial charge in [-0.1, -0.05) is 24.3 Å². The van der Waals surface area contributed by atoms with Gasteiger partial charge in [0.15, 0.2) is 5.65 Å². The molecule has 0 fully saturated rings. The standard InChI is InChI=1S/C26H21F2N5O5/c1-26(27,28)38-21-5-3-2-4-16(21)14-30-25(36)19-12-18(32-22-8-9-31-33(19)22)24(35)29-13-15-6-7-20-17(10-15)11-23(34)37-20/h2-10,12H,11,13-14H2,1H3,(H,29,35)(H,30,36). The summed E-state index contributed by atoms with van der Waals surface area (Å²) in [5, 5.41) is 9.50. The van der Waals surface area contributed by atoms with E-state index in [4.69, 9.17) is 4.74 Å². The Bertz CT molecular complexity index is 1560. The van der Waals surface area contributed by atoms with Crippen molar-refractivity contribution in [1.29, 1.82) is 0 Å². The summed E-state index contributed by atoms with van der Waals surface area (Å²) in [7, 11) is 0. The third-order valence-corrected chi connectivity index (χ3v) is 5.66. The van der Waals surface area contributed by atoms with Gasteiger partial charge in [-0.25, -0.2) is 9.50 Å². The van der Waals surface area contributed by atoms with Crippen LogP contribution in [0.1, 0.15) is 44.6 Å². The number of hydrogen-bond acceptors (Lipinski definition) is 7. The number of alkyl halides is 2. The molecule has 4 aromatic rings. The Hall–Kier alpha value is -4.87. The molecule has 1 aliphatic heterocycles. The van der Waals surface area contributed by atoms with Crippen LogP contribution < -0.4 is 20.1 Å². The zero-order chi connectivity index (χ0) is 26.9. The van der Waals surface area contributed by atoms with Crippen LogP contribution in [0.25, 0.3) is 5.65 Å². The zero-order valence-electron chi connectivity index (χ0n) is 20.0. The Balaban J connectivity index is 1.31. The maximum atomic E-state index is 13.4. The Labute approximate surface area is 214 Å². The van der Waals surface area contributed by atoms with Crippen molar-refractivity contribution in [2.75, 3.05) is 0 Å². The van der Waals surface area contributed by atoms with Crippen LogP contribution in [0.4, 0.5) is 8.78 Å². The lowest BCUT2D eigenvalue weighted by atomic mass is 10.1. The van der Waals surface area contributed by atoms with E-state index in [9.17, 15) is 23.2 Å². The highest BCUT2D eigenvalue weighted by Crippen LogP contribution is 2.27. The van der Waals surface area contributed by atoms with Crippen molar-refractivity contribution in [3.05, 3.63) is 88.9 Å². The molecule has 10 nitrogen and oxygen atoms in total. The lowest BCUT2D eigenvalue weighted by molar-refractivity contribution is -0.159. The van der Waals surface area contributed by atoms with Gasteiger partial charge in [0, 0.05) is 43.3 Å². The van der Waals surface area contributed by atoms with Crippen LogP contribution in [0.3, 0.4) is 0 Å². The van der Waals surface area contributed by atoms with Gasteiger partial charge in [0.25, 0.3) is 11.8 Å². The van der Waals surface area contributed by atoms with Gasteiger partial charge < -0.3 is 20.1 Å². The van der Waals surface area contributed by atoms with E-state index in [2.05, 4.69) is 25.5 Å². The first-order chi connectivity index (χ1) is 18.2. The number of nitrogens with one attached hydrogen (secondary N) is 2. The van der Waals surface area contributed by atoms with E-state index in [-0.39, 0.29) is 48.3 Å².